The summed E-state index contributed by atoms with van der Waals surface area (Å²) < 4.78 is 38.2. The molecule has 1 aromatic carbocycles. The number of amides is 2. The van der Waals surface area contributed by atoms with Crippen molar-refractivity contribution in [2.24, 2.45) is 0 Å². The van der Waals surface area contributed by atoms with E-state index in [2.05, 4.69) is 0 Å². The largest absolute Gasteiger partial charge is 0.335 e. The molecule has 1 aromatic rings. The highest BCUT2D eigenvalue weighted by Gasteiger charge is 2.16. The maximum Gasteiger partial charge on any atom is 0.313 e. The molecule has 18 heavy (non-hydrogen) atoms. The maximum atomic E-state index is 12.8. The van der Waals surface area contributed by atoms with Gasteiger partial charge in [0.1, 0.15) is 6.54 Å². The molecule has 8 heteroatoms. The Morgan fingerprint density at radius 2 is 1.72 bits per heavy atom. The molecule has 0 fully saturated rings. The van der Waals surface area contributed by atoms with Crippen molar-refractivity contribution in [1.29, 1.82) is 5.26 Å². The van der Waals surface area contributed by atoms with Crippen molar-refractivity contribution in [3.05, 3.63) is 29.6 Å². The molecule has 0 bridgehead atoms. The third-order valence-corrected chi connectivity index (χ3v) is 1.78. The maximum absolute atomic E-state index is 12.8. The van der Waals surface area contributed by atoms with Crippen LogP contribution in [-0.4, -0.2) is 18.4 Å². The Bertz CT molecular complexity index is 517. The van der Waals surface area contributed by atoms with Crippen molar-refractivity contribution in [2.75, 3.05) is 11.9 Å². The van der Waals surface area contributed by atoms with Crippen molar-refractivity contribution in [3.8, 4) is 6.07 Å². The Morgan fingerprint density at radius 3 is 2.22 bits per heavy atom. The molecule has 0 atom stereocenters. The molecule has 5 nitrogen and oxygen atoms in total. The van der Waals surface area contributed by atoms with Gasteiger partial charge in [-0.3, -0.25) is 9.59 Å². The normalized spacial score (nSPS) is 9.44. The van der Waals surface area contributed by atoms with Crippen molar-refractivity contribution in [1.82, 2.24) is 5.32 Å². The molecule has 0 aliphatic heterocycles. The smallest absolute Gasteiger partial charge is 0.313 e. The summed E-state index contributed by atoms with van der Waals surface area (Å²) in [6.07, 6.45) is 0. The van der Waals surface area contributed by atoms with E-state index in [9.17, 15) is 22.8 Å². The number of nitriles is 1. The van der Waals surface area contributed by atoms with Crippen LogP contribution in [0.15, 0.2) is 12.1 Å². The zero-order chi connectivity index (χ0) is 13.7. The molecule has 1 rings (SSSR count). The first-order valence-electron chi connectivity index (χ1n) is 4.56. The lowest BCUT2D eigenvalue weighted by Crippen LogP contribution is -2.35. The topological polar surface area (TPSA) is 82.0 Å². The zero-order valence-corrected chi connectivity index (χ0v) is 8.76. The molecule has 0 aliphatic rings. The molecule has 2 N–H and O–H groups in total. The standard InChI is InChI=1S/C10H6F3N3O2/c11-6-3-5(4-7(12)8(6)13)16-10(18)9(17)15-2-1-14/h3-4H,2H2,(H,15,17)(H,16,18). The van der Waals surface area contributed by atoms with Crippen molar-refractivity contribution in [3.63, 3.8) is 0 Å². The fraction of sp³-hybridized carbons (Fsp3) is 0.100. The first-order chi connectivity index (χ1) is 8.45. The van der Waals surface area contributed by atoms with E-state index >= 15 is 0 Å². The molecule has 0 radical (unpaired) electrons. The van der Waals surface area contributed by atoms with E-state index in [4.69, 9.17) is 5.26 Å². The number of hydrogen-bond acceptors (Lipinski definition) is 3. The van der Waals surface area contributed by atoms with Gasteiger partial charge in [0.2, 0.25) is 0 Å². The van der Waals surface area contributed by atoms with Crippen LogP contribution in [0.2, 0.25) is 0 Å². The Balaban J connectivity index is 2.77. The molecule has 2 amide bonds. The monoisotopic (exact) mass is 257 g/mol. The van der Waals surface area contributed by atoms with E-state index in [0.29, 0.717) is 12.1 Å². The molecular formula is C10H6F3N3O2. The van der Waals surface area contributed by atoms with Gasteiger partial charge in [0.15, 0.2) is 17.5 Å². The first kappa shape index (κ1) is 13.5. The Kier molecular flexibility index (Phi) is 4.26. The van der Waals surface area contributed by atoms with E-state index in [1.807, 2.05) is 10.6 Å². The van der Waals surface area contributed by atoms with E-state index in [-0.39, 0.29) is 0 Å². The van der Waals surface area contributed by atoms with Gasteiger partial charge in [-0.05, 0) is 0 Å². The van der Waals surface area contributed by atoms with Crippen LogP contribution in [0.5, 0.6) is 0 Å². The van der Waals surface area contributed by atoms with Gasteiger partial charge in [-0.1, -0.05) is 0 Å². The quantitative estimate of drug-likeness (QED) is 0.464. The molecule has 0 aromatic heterocycles. The summed E-state index contributed by atoms with van der Waals surface area (Å²) in [7, 11) is 0. The second-order valence-corrected chi connectivity index (χ2v) is 3.05. The highest BCUT2D eigenvalue weighted by Crippen LogP contribution is 2.17. The number of rotatable bonds is 2. The SMILES string of the molecule is N#CCNC(=O)C(=O)Nc1cc(F)c(F)c(F)c1. The molecule has 0 unspecified atom stereocenters. The second-order valence-electron chi connectivity index (χ2n) is 3.05. The van der Waals surface area contributed by atoms with Gasteiger partial charge in [0.25, 0.3) is 0 Å². The van der Waals surface area contributed by atoms with Gasteiger partial charge in [0.05, 0.1) is 6.07 Å². The summed E-state index contributed by atoms with van der Waals surface area (Å²) in [6, 6.07) is 2.60. The summed E-state index contributed by atoms with van der Waals surface area (Å²) in [5.74, 6) is -7.05. The van der Waals surface area contributed by atoms with Gasteiger partial charge in [-0.2, -0.15) is 5.26 Å². The molecule has 0 saturated heterocycles. The Labute approximate surface area is 99.2 Å². The molecular weight excluding hydrogens is 251 g/mol. The van der Waals surface area contributed by atoms with Crippen LogP contribution < -0.4 is 10.6 Å². The predicted molar refractivity (Wildman–Crippen MR) is 53.6 cm³/mol. The molecule has 0 heterocycles. The summed E-state index contributed by atoms with van der Waals surface area (Å²) in [5.41, 5.74) is -0.413. The van der Waals surface area contributed by atoms with Gasteiger partial charge in [-0.25, -0.2) is 13.2 Å². The average Bonchev–Trinajstić information content (AvgIpc) is 2.32. The fourth-order valence-electron chi connectivity index (χ4n) is 1.02. The highest BCUT2D eigenvalue weighted by molar-refractivity contribution is 6.39. The van der Waals surface area contributed by atoms with E-state index in [0.717, 1.165) is 0 Å². The van der Waals surface area contributed by atoms with Crippen LogP contribution in [0.25, 0.3) is 0 Å². The van der Waals surface area contributed by atoms with E-state index in [1.54, 1.807) is 6.07 Å². The Morgan fingerprint density at radius 1 is 1.17 bits per heavy atom. The van der Waals surface area contributed by atoms with Gasteiger partial charge >= 0.3 is 11.8 Å². The zero-order valence-electron chi connectivity index (χ0n) is 8.76. The third-order valence-electron chi connectivity index (χ3n) is 1.78. The van der Waals surface area contributed by atoms with Gasteiger partial charge in [0, 0.05) is 17.8 Å². The lowest BCUT2D eigenvalue weighted by molar-refractivity contribution is -0.136. The van der Waals surface area contributed by atoms with E-state index < -0.39 is 41.5 Å². The minimum Gasteiger partial charge on any atom is -0.335 e. The molecule has 0 spiro atoms. The molecule has 0 aliphatic carbocycles. The number of carbonyl (C=O) groups excluding carboxylic acids is 2. The predicted octanol–water partition coefficient (Wildman–Crippen LogP) is 0.682. The summed E-state index contributed by atoms with van der Waals surface area (Å²) in [4.78, 5) is 22.2. The second kappa shape index (κ2) is 5.67. The number of anilines is 1. The van der Waals surface area contributed by atoms with Crippen LogP contribution in [0.4, 0.5) is 18.9 Å². The van der Waals surface area contributed by atoms with Crippen LogP contribution >= 0.6 is 0 Å². The minimum atomic E-state index is -1.68. The molecule has 0 saturated carbocycles. The van der Waals surface area contributed by atoms with Crippen molar-refractivity contribution < 1.29 is 22.8 Å². The average molecular weight is 257 g/mol. The molecule has 94 valence electrons. The Hall–Kier alpha value is -2.56. The number of nitrogens with one attached hydrogen (secondary N) is 2. The van der Waals surface area contributed by atoms with Crippen LogP contribution in [0.3, 0.4) is 0 Å². The van der Waals surface area contributed by atoms with Crippen molar-refractivity contribution >= 4 is 17.5 Å². The minimum absolute atomic E-state index is 0.390. The fourth-order valence-corrected chi connectivity index (χ4v) is 1.02. The number of nitrogens with zero attached hydrogens (tertiary/aromatic N) is 1. The summed E-state index contributed by atoms with van der Waals surface area (Å²) >= 11 is 0. The van der Waals surface area contributed by atoms with Crippen LogP contribution in [0.1, 0.15) is 0 Å². The first-order valence-corrected chi connectivity index (χ1v) is 4.56. The van der Waals surface area contributed by atoms with Crippen LogP contribution in [-0.2, 0) is 9.59 Å². The number of halogens is 3. The van der Waals surface area contributed by atoms with Gasteiger partial charge < -0.3 is 10.6 Å². The van der Waals surface area contributed by atoms with Crippen LogP contribution in [0, 0.1) is 28.8 Å². The highest BCUT2D eigenvalue weighted by atomic mass is 19.2. The summed E-state index contributed by atoms with van der Waals surface area (Å²) in [6.45, 7) is -0.390. The van der Waals surface area contributed by atoms with E-state index in [1.165, 1.54) is 0 Å². The lowest BCUT2D eigenvalue weighted by atomic mass is 10.3. The third kappa shape index (κ3) is 3.21. The lowest BCUT2D eigenvalue weighted by Gasteiger charge is -2.05. The number of hydrogen-bond donors (Lipinski definition) is 2. The number of benzene rings is 1. The van der Waals surface area contributed by atoms with Crippen molar-refractivity contribution in [2.45, 2.75) is 0 Å². The summed E-state index contributed by atoms with van der Waals surface area (Å²) in [5, 5.41) is 11.9. The van der Waals surface area contributed by atoms with Gasteiger partial charge in [-0.15, -0.1) is 0 Å². The number of carbonyl (C=O) groups is 2.